The molecule has 112 valence electrons. The molecule has 0 spiro atoms. The Balaban J connectivity index is 2.25. The van der Waals surface area contributed by atoms with Crippen LogP contribution in [0.1, 0.15) is 45.3 Å². The SMILES string of the molecule is CCOc1ccc(C(O)C2(C)CCCS2)cc1OCC. The number of thioether (sulfide) groups is 1. The van der Waals surface area contributed by atoms with Gasteiger partial charge in [0, 0.05) is 4.75 Å². The summed E-state index contributed by atoms with van der Waals surface area (Å²) in [6.45, 7) is 7.25. The molecule has 1 aliphatic heterocycles. The highest BCUT2D eigenvalue weighted by atomic mass is 32.2. The number of benzene rings is 1. The Hall–Kier alpha value is -0.870. The van der Waals surface area contributed by atoms with Crippen LogP contribution in [-0.2, 0) is 0 Å². The largest absolute Gasteiger partial charge is 0.490 e. The van der Waals surface area contributed by atoms with Gasteiger partial charge in [-0.25, -0.2) is 0 Å². The molecule has 20 heavy (non-hydrogen) atoms. The molecule has 1 saturated heterocycles. The molecule has 1 heterocycles. The van der Waals surface area contributed by atoms with E-state index in [0.29, 0.717) is 13.2 Å². The second-order valence-electron chi connectivity index (χ2n) is 5.24. The van der Waals surface area contributed by atoms with E-state index in [-0.39, 0.29) is 4.75 Å². The molecule has 0 saturated carbocycles. The zero-order chi connectivity index (χ0) is 14.6. The fourth-order valence-electron chi connectivity index (χ4n) is 2.61. The molecule has 2 rings (SSSR count). The lowest BCUT2D eigenvalue weighted by Crippen LogP contribution is -2.26. The van der Waals surface area contributed by atoms with E-state index in [0.717, 1.165) is 29.2 Å². The summed E-state index contributed by atoms with van der Waals surface area (Å²) >= 11 is 1.86. The Morgan fingerprint density at radius 1 is 1.25 bits per heavy atom. The van der Waals surface area contributed by atoms with Crippen LogP contribution in [0, 0.1) is 0 Å². The molecule has 3 nitrogen and oxygen atoms in total. The van der Waals surface area contributed by atoms with E-state index >= 15 is 0 Å². The lowest BCUT2D eigenvalue weighted by atomic mass is 9.92. The van der Waals surface area contributed by atoms with Crippen molar-refractivity contribution < 1.29 is 14.6 Å². The quantitative estimate of drug-likeness (QED) is 0.866. The fourth-order valence-corrected chi connectivity index (χ4v) is 3.94. The standard InChI is InChI=1S/C16H24O3S/c1-4-18-13-8-7-12(11-14(13)19-5-2)15(17)16(3)9-6-10-20-16/h7-8,11,15,17H,4-6,9-10H2,1-3H3. The molecular formula is C16H24O3S. The predicted octanol–water partition coefficient (Wildman–Crippen LogP) is 3.80. The summed E-state index contributed by atoms with van der Waals surface area (Å²) in [7, 11) is 0. The fraction of sp³-hybridized carbons (Fsp3) is 0.625. The number of hydrogen-bond acceptors (Lipinski definition) is 4. The molecule has 0 aromatic heterocycles. The van der Waals surface area contributed by atoms with E-state index in [9.17, 15) is 5.11 Å². The first-order chi connectivity index (χ1) is 9.60. The van der Waals surface area contributed by atoms with Gasteiger partial charge >= 0.3 is 0 Å². The van der Waals surface area contributed by atoms with Gasteiger partial charge in [-0.15, -0.1) is 0 Å². The Kier molecular flexibility index (Phi) is 5.22. The molecule has 0 amide bonds. The number of hydrogen-bond donors (Lipinski definition) is 1. The Morgan fingerprint density at radius 2 is 1.95 bits per heavy atom. The number of aliphatic hydroxyl groups is 1. The van der Waals surface area contributed by atoms with Crippen molar-refractivity contribution >= 4 is 11.8 Å². The molecule has 1 N–H and O–H groups in total. The first-order valence-corrected chi connectivity index (χ1v) is 8.31. The first kappa shape index (κ1) is 15.5. The van der Waals surface area contributed by atoms with Crippen LogP contribution >= 0.6 is 11.8 Å². The van der Waals surface area contributed by atoms with Gasteiger partial charge in [-0.05, 0) is 57.1 Å². The van der Waals surface area contributed by atoms with Gasteiger partial charge in [-0.1, -0.05) is 6.07 Å². The predicted molar refractivity (Wildman–Crippen MR) is 83.8 cm³/mol. The molecule has 1 aliphatic rings. The van der Waals surface area contributed by atoms with Gasteiger partial charge in [-0.2, -0.15) is 11.8 Å². The van der Waals surface area contributed by atoms with Crippen LogP contribution in [0.4, 0.5) is 0 Å². The van der Waals surface area contributed by atoms with Crippen LogP contribution in [0.2, 0.25) is 0 Å². The summed E-state index contributed by atoms with van der Waals surface area (Å²) < 4.78 is 11.1. The Labute approximate surface area is 125 Å². The summed E-state index contributed by atoms with van der Waals surface area (Å²) in [5.74, 6) is 2.59. The second kappa shape index (κ2) is 6.72. The summed E-state index contributed by atoms with van der Waals surface area (Å²) in [6, 6.07) is 5.77. The molecule has 1 aromatic rings. The zero-order valence-electron chi connectivity index (χ0n) is 12.5. The van der Waals surface area contributed by atoms with Gasteiger partial charge in [0.25, 0.3) is 0 Å². The summed E-state index contributed by atoms with van der Waals surface area (Å²) in [5, 5.41) is 10.7. The third-order valence-corrected chi connectivity index (χ3v) is 5.29. The van der Waals surface area contributed by atoms with E-state index in [1.165, 1.54) is 6.42 Å². The molecule has 0 radical (unpaired) electrons. The minimum atomic E-state index is -0.468. The molecular weight excluding hydrogens is 272 g/mol. The lowest BCUT2D eigenvalue weighted by molar-refractivity contribution is 0.134. The van der Waals surface area contributed by atoms with Gasteiger partial charge in [0.1, 0.15) is 0 Å². The van der Waals surface area contributed by atoms with E-state index < -0.39 is 6.10 Å². The minimum absolute atomic E-state index is 0.0867. The smallest absolute Gasteiger partial charge is 0.161 e. The highest BCUT2D eigenvalue weighted by Crippen LogP contribution is 2.47. The number of aliphatic hydroxyl groups excluding tert-OH is 1. The van der Waals surface area contributed by atoms with Crippen LogP contribution in [0.3, 0.4) is 0 Å². The third-order valence-electron chi connectivity index (χ3n) is 3.71. The van der Waals surface area contributed by atoms with Crippen LogP contribution in [0.15, 0.2) is 18.2 Å². The van der Waals surface area contributed by atoms with E-state index in [1.54, 1.807) is 0 Å². The summed E-state index contributed by atoms with van der Waals surface area (Å²) in [5.41, 5.74) is 0.911. The third kappa shape index (κ3) is 3.23. The van der Waals surface area contributed by atoms with E-state index in [1.807, 2.05) is 43.8 Å². The van der Waals surface area contributed by atoms with Gasteiger partial charge in [0.15, 0.2) is 11.5 Å². The Bertz CT molecular complexity index is 441. The van der Waals surface area contributed by atoms with Crippen LogP contribution < -0.4 is 9.47 Å². The number of ether oxygens (including phenoxy) is 2. The van der Waals surface area contributed by atoms with Crippen LogP contribution in [-0.4, -0.2) is 28.8 Å². The van der Waals surface area contributed by atoms with Gasteiger partial charge in [0.05, 0.1) is 19.3 Å². The molecule has 2 unspecified atom stereocenters. The molecule has 1 fully saturated rings. The average Bonchev–Trinajstić information content (AvgIpc) is 2.89. The van der Waals surface area contributed by atoms with Gasteiger partial charge in [0.2, 0.25) is 0 Å². The monoisotopic (exact) mass is 296 g/mol. The average molecular weight is 296 g/mol. The van der Waals surface area contributed by atoms with Crippen molar-refractivity contribution in [2.45, 2.75) is 44.5 Å². The topological polar surface area (TPSA) is 38.7 Å². The highest BCUT2D eigenvalue weighted by molar-refractivity contribution is 8.00. The van der Waals surface area contributed by atoms with Gasteiger partial charge in [-0.3, -0.25) is 0 Å². The van der Waals surface area contributed by atoms with Crippen LogP contribution in [0.5, 0.6) is 11.5 Å². The molecule has 2 atom stereocenters. The van der Waals surface area contributed by atoms with Crippen LogP contribution in [0.25, 0.3) is 0 Å². The molecule has 1 aromatic carbocycles. The van der Waals surface area contributed by atoms with E-state index in [2.05, 4.69) is 6.92 Å². The van der Waals surface area contributed by atoms with Crippen molar-refractivity contribution in [3.05, 3.63) is 23.8 Å². The van der Waals surface area contributed by atoms with Crippen molar-refractivity contribution in [3.8, 4) is 11.5 Å². The van der Waals surface area contributed by atoms with E-state index in [4.69, 9.17) is 9.47 Å². The maximum Gasteiger partial charge on any atom is 0.161 e. The molecule has 0 bridgehead atoms. The minimum Gasteiger partial charge on any atom is -0.490 e. The molecule has 0 aliphatic carbocycles. The van der Waals surface area contributed by atoms with Crippen molar-refractivity contribution in [1.82, 2.24) is 0 Å². The Morgan fingerprint density at radius 3 is 2.55 bits per heavy atom. The summed E-state index contributed by atoms with van der Waals surface area (Å²) in [6.07, 6.45) is 1.76. The van der Waals surface area contributed by atoms with Crippen molar-refractivity contribution in [3.63, 3.8) is 0 Å². The first-order valence-electron chi connectivity index (χ1n) is 7.32. The normalized spacial score (nSPS) is 23.6. The maximum atomic E-state index is 10.7. The zero-order valence-corrected chi connectivity index (χ0v) is 13.3. The second-order valence-corrected chi connectivity index (χ2v) is 6.87. The van der Waals surface area contributed by atoms with Crippen molar-refractivity contribution in [2.24, 2.45) is 0 Å². The molecule has 4 heteroatoms. The van der Waals surface area contributed by atoms with Crippen molar-refractivity contribution in [1.29, 1.82) is 0 Å². The maximum absolute atomic E-state index is 10.7. The van der Waals surface area contributed by atoms with Gasteiger partial charge < -0.3 is 14.6 Å². The number of rotatable bonds is 6. The summed E-state index contributed by atoms with van der Waals surface area (Å²) in [4.78, 5) is 0. The highest BCUT2D eigenvalue weighted by Gasteiger charge is 2.38. The van der Waals surface area contributed by atoms with Crippen molar-refractivity contribution in [2.75, 3.05) is 19.0 Å². The lowest BCUT2D eigenvalue weighted by Gasteiger charge is -2.29.